The molecule has 0 aliphatic carbocycles. The Kier molecular flexibility index (Phi) is 9.26. The number of amides is 3. The maximum absolute atomic E-state index is 13.8. The first-order valence-corrected chi connectivity index (χ1v) is 16.2. The van der Waals surface area contributed by atoms with Gasteiger partial charge in [0.05, 0.1) is 30.2 Å². The van der Waals surface area contributed by atoms with Crippen LogP contribution in [0.4, 0.5) is 4.79 Å². The second-order valence-corrected chi connectivity index (χ2v) is 13.7. The molecule has 2 bridgehead atoms. The number of aromatic nitrogens is 6. The van der Waals surface area contributed by atoms with Crippen molar-refractivity contribution < 1.29 is 19.1 Å². The zero-order valence-corrected chi connectivity index (χ0v) is 28.4. The smallest absolute Gasteiger partial charge is 0.410 e. The van der Waals surface area contributed by atoms with Crippen molar-refractivity contribution in [2.75, 3.05) is 13.1 Å². The van der Waals surface area contributed by atoms with E-state index >= 15 is 0 Å². The molecule has 4 heterocycles. The average Bonchev–Trinajstić information content (AvgIpc) is 3.84. The Morgan fingerprint density at radius 1 is 1.08 bits per heavy atom. The molecule has 0 spiro atoms. The maximum atomic E-state index is 13.8. The molecule has 3 atom stereocenters. The summed E-state index contributed by atoms with van der Waals surface area (Å²) in [6.07, 6.45) is 4.58. The van der Waals surface area contributed by atoms with Gasteiger partial charge in [0.25, 0.3) is 0 Å². The van der Waals surface area contributed by atoms with Crippen LogP contribution in [0.5, 0.6) is 0 Å². The highest BCUT2D eigenvalue weighted by Crippen LogP contribution is 2.34. The number of rotatable bonds is 8. The molecule has 0 radical (unpaired) electrons. The summed E-state index contributed by atoms with van der Waals surface area (Å²) >= 11 is 12.9. The molecule has 2 aliphatic heterocycles. The van der Waals surface area contributed by atoms with E-state index in [9.17, 15) is 14.4 Å². The van der Waals surface area contributed by atoms with Crippen LogP contribution in [-0.4, -0.2) is 88.7 Å². The quantitative estimate of drug-likeness (QED) is 0.241. The Labute approximate surface area is 287 Å². The summed E-state index contributed by atoms with van der Waals surface area (Å²) in [7, 11) is 0. The highest BCUT2D eigenvalue weighted by Gasteiger charge is 2.48. The van der Waals surface area contributed by atoms with E-state index in [-0.39, 0.29) is 35.7 Å². The first-order chi connectivity index (χ1) is 22.8. The van der Waals surface area contributed by atoms with Crippen molar-refractivity contribution in [3.8, 4) is 16.9 Å². The number of H-pyrrole nitrogens is 1. The molecule has 2 aliphatic rings. The van der Waals surface area contributed by atoms with Gasteiger partial charge in [0.15, 0.2) is 0 Å². The normalized spacial score (nSPS) is 18.0. The van der Waals surface area contributed by atoms with Crippen LogP contribution in [0.15, 0.2) is 54.9 Å². The molecule has 48 heavy (non-hydrogen) atoms. The number of nitrogens with one attached hydrogen (secondary N) is 2. The predicted molar refractivity (Wildman–Crippen MR) is 179 cm³/mol. The lowest BCUT2D eigenvalue weighted by Crippen LogP contribution is -2.52. The fourth-order valence-corrected chi connectivity index (χ4v) is 6.41. The van der Waals surface area contributed by atoms with Crippen LogP contribution < -0.4 is 5.32 Å². The maximum Gasteiger partial charge on any atom is 0.410 e. The molecule has 13 nitrogen and oxygen atoms in total. The SMILES string of the molecule is Cc1ccc(-c2nc([C@H](CC(=O)N3C[C@H]4C[C@@H]3CN4C(=O)OC(C)(C)C)NC(=O)/C=C/c3cc(Cl)ccc3-n3cnnn3)[nH]c2Cl)cc1. The van der Waals surface area contributed by atoms with Crippen molar-refractivity contribution in [1.82, 2.24) is 45.3 Å². The van der Waals surface area contributed by atoms with E-state index in [0.717, 1.165) is 11.1 Å². The standard InChI is InChI=1S/C33H35Cl2N9O4/c1-19-5-7-20(8-6-19)29-30(35)39-31(38-29)25(15-28(46)42-16-24-14-23(42)17-43(24)32(47)48-33(2,3)4)37-27(45)12-9-21-13-22(34)10-11-26(21)44-18-36-40-41-44/h5-13,18,23-25H,14-17H2,1-4H3,(H,37,45)(H,38,39)/b12-9+/t23-,24-,25+/m1/s1. The highest BCUT2D eigenvalue weighted by atomic mass is 35.5. The minimum atomic E-state index is -0.842. The number of aryl methyl sites for hydroxylation is 1. The van der Waals surface area contributed by atoms with Crippen LogP contribution in [0, 0.1) is 6.92 Å². The zero-order chi connectivity index (χ0) is 34.2. The Bertz CT molecular complexity index is 1850. The lowest BCUT2D eigenvalue weighted by atomic mass is 10.1. The van der Waals surface area contributed by atoms with Crippen LogP contribution in [0.25, 0.3) is 23.0 Å². The summed E-state index contributed by atoms with van der Waals surface area (Å²) in [6.45, 7) is 8.23. The van der Waals surface area contributed by atoms with Gasteiger partial charge in [-0.15, -0.1) is 5.10 Å². The van der Waals surface area contributed by atoms with Gasteiger partial charge in [0.1, 0.15) is 28.6 Å². The number of benzene rings is 2. The number of fused-ring (bicyclic) bond motifs is 2. The van der Waals surface area contributed by atoms with Crippen LogP contribution in [0.3, 0.4) is 0 Å². The summed E-state index contributed by atoms with van der Waals surface area (Å²) in [4.78, 5) is 51.3. The average molecular weight is 693 g/mol. The summed E-state index contributed by atoms with van der Waals surface area (Å²) in [5.74, 6) is -0.317. The van der Waals surface area contributed by atoms with Gasteiger partial charge in [-0.3, -0.25) is 9.59 Å². The Morgan fingerprint density at radius 2 is 1.81 bits per heavy atom. The molecule has 2 aromatic carbocycles. The molecule has 250 valence electrons. The number of piperazine rings is 1. The largest absolute Gasteiger partial charge is 0.444 e. The molecule has 4 aromatic rings. The van der Waals surface area contributed by atoms with Crippen molar-refractivity contribution in [2.45, 2.75) is 64.3 Å². The molecule has 2 aromatic heterocycles. The van der Waals surface area contributed by atoms with E-state index in [1.807, 2.05) is 52.0 Å². The molecular weight excluding hydrogens is 657 g/mol. The van der Waals surface area contributed by atoms with Crippen LogP contribution >= 0.6 is 23.2 Å². The van der Waals surface area contributed by atoms with Crippen molar-refractivity contribution >= 4 is 47.2 Å². The summed E-state index contributed by atoms with van der Waals surface area (Å²) in [5, 5.41) is 15.0. The van der Waals surface area contributed by atoms with Crippen molar-refractivity contribution in [3.05, 3.63) is 82.0 Å². The molecule has 3 amide bonds. The lowest BCUT2D eigenvalue weighted by Gasteiger charge is -2.35. The second kappa shape index (κ2) is 13.4. The third-order valence-corrected chi connectivity index (χ3v) is 8.73. The van der Waals surface area contributed by atoms with E-state index in [2.05, 4.69) is 25.8 Å². The van der Waals surface area contributed by atoms with Gasteiger partial charge in [-0.2, -0.15) is 4.68 Å². The minimum absolute atomic E-state index is 0.0839. The van der Waals surface area contributed by atoms with Crippen molar-refractivity contribution in [1.29, 1.82) is 0 Å². The molecule has 2 fully saturated rings. The van der Waals surface area contributed by atoms with Gasteiger partial charge in [-0.1, -0.05) is 53.0 Å². The number of tetrazole rings is 1. The number of hydrogen-bond donors (Lipinski definition) is 2. The second-order valence-electron chi connectivity index (χ2n) is 12.9. The molecule has 0 saturated carbocycles. The third-order valence-electron chi connectivity index (χ3n) is 8.22. The molecule has 2 N–H and O–H groups in total. The highest BCUT2D eigenvalue weighted by molar-refractivity contribution is 6.32. The van der Waals surface area contributed by atoms with E-state index < -0.39 is 17.6 Å². The molecule has 6 rings (SSSR count). The summed E-state index contributed by atoms with van der Waals surface area (Å²) in [6, 6.07) is 11.7. The summed E-state index contributed by atoms with van der Waals surface area (Å²) < 4.78 is 7.03. The Hall–Kier alpha value is -4.75. The lowest BCUT2D eigenvalue weighted by molar-refractivity contribution is -0.134. The molecule has 0 unspecified atom stereocenters. The fraction of sp³-hybridized carbons (Fsp3) is 0.364. The van der Waals surface area contributed by atoms with Crippen LogP contribution in [-0.2, 0) is 14.3 Å². The van der Waals surface area contributed by atoms with Gasteiger partial charge in [-0.05, 0) is 68.8 Å². The summed E-state index contributed by atoms with van der Waals surface area (Å²) in [5.41, 5.74) is 2.99. The van der Waals surface area contributed by atoms with Gasteiger partial charge in [0.2, 0.25) is 11.8 Å². The number of aromatic amines is 1. The molecular formula is C33H35Cl2N9O4. The number of likely N-dealkylation sites (tertiary alicyclic amines) is 2. The van der Waals surface area contributed by atoms with Crippen molar-refractivity contribution in [3.63, 3.8) is 0 Å². The Morgan fingerprint density at radius 3 is 2.48 bits per heavy atom. The van der Waals surface area contributed by atoms with Gasteiger partial charge < -0.3 is 24.8 Å². The monoisotopic (exact) mass is 691 g/mol. The molecule has 2 saturated heterocycles. The number of ether oxygens (including phenoxy) is 1. The predicted octanol–water partition coefficient (Wildman–Crippen LogP) is 5.15. The van der Waals surface area contributed by atoms with Crippen LogP contribution in [0.1, 0.15) is 56.6 Å². The number of hydrogen-bond acceptors (Lipinski definition) is 8. The van der Waals surface area contributed by atoms with E-state index in [1.165, 1.54) is 17.1 Å². The first-order valence-electron chi connectivity index (χ1n) is 15.5. The minimum Gasteiger partial charge on any atom is -0.444 e. The van der Waals surface area contributed by atoms with Gasteiger partial charge in [0, 0.05) is 35.3 Å². The number of halogens is 2. The van der Waals surface area contributed by atoms with Crippen molar-refractivity contribution in [2.24, 2.45) is 0 Å². The number of carbonyl (C=O) groups is 3. The Balaban J connectivity index is 1.22. The topological polar surface area (TPSA) is 151 Å². The van der Waals surface area contributed by atoms with Gasteiger partial charge >= 0.3 is 6.09 Å². The first kappa shape index (κ1) is 33.2. The third kappa shape index (κ3) is 7.37. The van der Waals surface area contributed by atoms with Crippen LogP contribution in [0.2, 0.25) is 10.2 Å². The van der Waals surface area contributed by atoms with E-state index in [1.54, 1.807) is 34.1 Å². The molecule has 15 heteroatoms. The van der Waals surface area contributed by atoms with E-state index in [0.29, 0.717) is 47.3 Å². The van der Waals surface area contributed by atoms with E-state index in [4.69, 9.17) is 32.9 Å². The number of nitrogens with zero attached hydrogens (tertiary/aromatic N) is 7. The van der Waals surface area contributed by atoms with Gasteiger partial charge in [-0.25, -0.2) is 9.78 Å². The number of carbonyl (C=O) groups excluding carboxylic acids is 3. The number of imidazole rings is 1. The zero-order valence-electron chi connectivity index (χ0n) is 26.9. The fourth-order valence-electron chi connectivity index (χ4n) is 5.99.